The van der Waals surface area contributed by atoms with E-state index in [4.69, 9.17) is 16.3 Å². The Hall–Kier alpha value is -1.89. The van der Waals surface area contributed by atoms with Crippen LogP contribution in [0.15, 0.2) is 52.3 Å². The molecule has 0 fully saturated rings. The molecule has 0 unspecified atom stereocenters. The highest BCUT2D eigenvalue weighted by molar-refractivity contribution is 9.10. The zero-order valence-electron chi connectivity index (χ0n) is 13.3. The highest BCUT2D eigenvalue weighted by Crippen LogP contribution is 2.27. The van der Waals surface area contributed by atoms with Crippen molar-refractivity contribution in [3.8, 4) is 17.0 Å². The molecular formula is C18H14BrClN2O2S. The molecule has 2 aromatic carbocycles. The fraction of sp³-hybridized carbons (Fsp3) is 0.111. The van der Waals surface area contributed by atoms with E-state index in [1.54, 1.807) is 25.3 Å². The zero-order valence-corrected chi connectivity index (χ0v) is 16.4. The van der Waals surface area contributed by atoms with Crippen molar-refractivity contribution in [3.05, 3.63) is 62.9 Å². The SMILES string of the molecule is COc1ccc(Cl)cc1CC(=O)Nc1nc(-c2ccc(Br)cc2)cs1. The molecular weight excluding hydrogens is 424 g/mol. The average molecular weight is 438 g/mol. The summed E-state index contributed by atoms with van der Waals surface area (Å²) in [4.78, 5) is 16.8. The van der Waals surface area contributed by atoms with Gasteiger partial charge in [-0.3, -0.25) is 4.79 Å². The Morgan fingerprint density at radius 3 is 2.76 bits per heavy atom. The van der Waals surface area contributed by atoms with Crippen molar-refractivity contribution in [1.29, 1.82) is 0 Å². The van der Waals surface area contributed by atoms with Crippen LogP contribution in [0.4, 0.5) is 5.13 Å². The summed E-state index contributed by atoms with van der Waals surface area (Å²) in [6.45, 7) is 0. The Balaban J connectivity index is 1.70. The molecule has 128 valence electrons. The van der Waals surface area contributed by atoms with Gasteiger partial charge in [0.2, 0.25) is 5.91 Å². The Morgan fingerprint density at radius 1 is 1.28 bits per heavy atom. The van der Waals surface area contributed by atoms with Gasteiger partial charge in [0, 0.05) is 26.0 Å². The molecule has 1 aromatic heterocycles. The van der Waals surface area contributed by atoms with Crippen LogP contribution in [0.3, 0.4) is 0 Å². The summed E-state index contributed by atoms with van der Waals surface area (Å²) in [5, 5.41) is 5.86. The number of aromatic nitrogens is 1. The summed E-state index contributed by atoms with van der Waals surface area (Å²) in [7, 11) is 1.57. The second kappa shape index (κ2) is 7.99. The molecule has 0 spiro atoms. The number of benzene rings is 2. The number of methoxy groups -OCH3 is 1. The van der Waals surface area contributed by atoms with E-state index in [1.165, 1.54) is 11.3 Å². The van der Waals surface area contributed by atoms with Gasteiger partial charge in [0.1, 0.15) is 5.75 Å². The van der Waals surface area contributed by atoms with Gasteiger partial charge in [-0.2, -0.15) is 0 Å². The van der Waals surface area contributed by atoms with Crippen molar-refractivity contribution in [1.82, 2.24) is 4.98 Å². The molecule has 0 aliphatic carbocycles. The third-order valence-electron chi connectivity index (χ3n) is 3.48. The maximum Gasteiger partial charge on any atom is 0.230 e. The number of hydrogen-bond acceptors (Lipinski definition) is 4. The monoisotopic (exact) mass is 436 g/mol. The van der Waals surface area contributed by atoms with Crippen molar-refractivity contribution in [2.45, 2.75) is 6.42 Å². The van der Waals surface area contributed by atoms with Crippen LogP contribution >= 0.6 is 38.9 Å². The zero-order chi connectivity index (χ0) is 17.8. The number of hydrogen-bond donors (Lipinski definition) is 1. The lowest BCUT2D eigenvalue weighted by molar-refractivity contribution is -0.115. The van der Waals surface area contributed by atoms with Gasteiger partial charge < -0.3 is 10.1 Å². The third-order valence-corrected chi connectivity index (χ3v) is 5.01. The molecule has 1 N–H and O–H groups in total. The fourth-order valence-electron chi connectivity index (χ4n) is 2.31. The van der Waals surface area contributed by atoms with E-state index in [1.807, 2.05) is 29.6 Å². The fourth-order valence-corrected chi connectivity index (χ4v) is 3.50. The molecule has 7 heteroatoms. The number of nitrogens with one attached hydrogen (secondary N) is 1. The van der Waals surface area contributed by atoms with Crippen LogP contribution in [0.1, 0.15) is 5.56 Å². The lowest BCUT2D eigenvalue weighted by atomic mass is 10.1. The number of halogens is 2. The second-order valence-electron chi connectivity index (χ2n) is 5.23. The molecule has 3 aromatic rings. The lowest BCUT2D eigenvalue weighted by Crippen LogP contribution is -2.14. The topological polar surface area (TPSA) is 51.2 Å². The van der Waals surface area contributed by atoms with Crippen LogP contribution in [-0.2, 0) is 11.2 Å². The smallest absolute Gasteiger partial charge is 0.230 e. The molecule has 0 radical (unpaired) electrons. The van der Waals surface area contributed by atoms with E-state index >= 15 is 0 Å². The molecule has 0 bridgehead atoms. The van der Waals surface area contributed by atoms with E-state index in [9.17, 15) is 4.79 Å². The summed E-state index contributed by atoms with van der Waals surface area (Å²) in [5.41, 5.74) is 2.56. The summed E-state index contributed by atoms with van der Waals surface area (Å²) in [5.74, 6) is 0.464. The number of nitrogens with zero attached hydrogens (tertiary/aromatic N) is 1. The average Bonchev–Trinajstić information content (AvgIpc) is 3.04. The summed E-state index contributed by atoms with van der Waals surface area (Å²) in [6.07, 6.45) is 0.164. The van der Waals surface area contributed by atoms with Gasteiger partial charge in [0.05, 0.1) is 19.2 Å². The van der Waals surface area contributed by atoms with Crippen molar-refractivity contribution in [2.24, 2.45) is 0 Å². The maximum atomic E-state index is 12.3. The number of thiazole rings is 1. The predicted octanol–water partition coefficient (Wildman–Crippen LogP) is 5.42. The number of carbonyl (C=O) groups is 1. The van der Waals surface area contributed by atoms with Gasteiger partial charge in [-0.25, -0.2) is 4.98 Å². The molecule has 0 saturated heterocycles. The third kappa shape index (κ3) is 4.60. The van der Waals surface area contributed by atoms with Gasteiger partial charge in [-0.15, -0.1) is 11.3 Å². The first kappa shape index (κ1) is 17.9. The standard InChI is InChI=1S/C18H14BrClN2O2S/c1-24-16-7-6-14(20)8-12(16)9-17(23)22-18-21-15(10-25-18)11-2-4-13(19)5-3-11/h2-8,10H,9H2,1H3,(H,21,22,23). The molecule has 0 atom stereocenters. The van der Waals surface area contributed by atoms with E-state index in [-0.39, 0.29) is 12.3 Å². The Bertz CT molecular complexity index is 896. The molecule has 1 heterocycles. The number of amides is 1. The molecule has 4 nitrogen and oxygen atoms in total. The minimum Gasteiger partial charge on any atom is -0.496 e. The number of anilines is 1. The van der Waals surface area contributed by atoms with Gasteiger partial charge >= 0.3 is 0 Å². The normalized spacial score (nSPS) is 10.5. The van der Waals surface area contributed by atoms with Gasteiger partial charge in [-0.1, -0.05) is 39.7 Å². The van der Waals surface area contributed by atoms with Gasteiger partial charge in [-0.05, 0) is 30.3 Å². The summed E-state index contributed by atoms with van der Waals surface area (Å²) >= 11 is 10.8. The number of rotatable bonds is 5. The molecule has 1 amide bonds. The first-order chi connectivity index (χ1) is 12.0. The highest BCUT2D eigenvalue weighted by atomic mass is 79.9. The maximum absolute atomic E-state index is 12.3. The van der Waals surface area contributed by atoms with Crippen LogP contribution in [0.25, 0.3) is 11.3 Å². The Morgan fingerprint density at radius 2 is 2.04 bits per heavy atom. The lowest BCUT2D eigenvalue weighted by Gasteiger charge is -2.08. The van der Waals surface area contributed by atoms with E-state index in [0.29, 0.717) is 15.9 Å². The van der Waals surface area contributed by atoms with Crippen molar-refractivity contribution >= 4 is 49.9 Å². The predicted molar refractivity (Wildman–Crippen MR) is 106 cm³/mol. The Labute approximate surface area is 162 Å². The molecule has 0 aliphatic heterocycles. The van der Waals surface area contributed by atoms with E-state index in [2.05, 4.69) is 26.2 Å². The Kier molecular flexibility index (Phi) is 5.73. The minimum absolute atomic E-state index is 0.164. The highest BCUT2D eigenvalue weighted by Gasteiger charge is 2.12. The van der Waals surface area contributed by atoms with Crippen LogP contribution in [0.2, 0.25) is 5.02 Å². The van der Waals surface area contributed by atoms with Crippen molar-refractivity contribution < 1.29 is 9.53 Å². The first-order valence-electron chi connectivity index (χ1n) is 7.39. The van der Waals surface area contributed by atoms with Crippen molar-refractivity contribution in [3.63, 3.8) is 0 Å². The molecule has 3 rings (SSSR count). The summed E-state index contributed by atoms with van der Waals surface area (Å²) < 4.78 is 6.28. The molecule has 0 aliphatic rings. The summed E-state index contributed by atoms with van der Waals surface area (Å²) in [6, 6.07) is 13.1. The van der Waals surface area contributed by atoms with E-state index < -0.39 is 0 Å². The minimum atomic E-state index is -0.169. The van der Waals surface area contributed by atoms with E-state index in [0.717, 1.165) is 21.3 Å². The van der Waals surface area contributed by atoms with Crippen LogP contribution < -0.4 is 10.1 Å². The van der Waals surface area contributed by atoms with Gasteiger partial charge in [0.25, 0.3) is 0 Å². The molecule has 0 saturated carbocycles. The number of ether oxygens (including phenoxy) is 1. The van der Waals surface area contributed by atoms with Crippen LogP contribution in [-0.4, -0.2) is 18.0 Å². The van der Waals surface area contributed by atoms with Crippen LogP contribution in [0, 0.1) is 0 Å². The van der Waals surface area contributed by atoms with Crippen LogP contribution in [0.5, 0.6) is 5.75 Å². The second-order valence-corrected chi connectivity index (χ2v) is 7.44. The van der Waals surface area contributed by atoms with Gasteiger partial charge in [0.15, 0.2) is 5.13 Å². The number of carbonyl (C=O) groups excluding carboxylic acids is 1. The van der Waals surface area contributed by atoms with Crippen molar-refractivity contribution in [2.75, 3.05) is 12.4 Å². The quantitative estimate of drug-likeness (QED) is 0.580. The largest absolute Gasteiger partial charge is 0.496 e. The molecule has 25 heavy (non-hydrogen) atoms. The first-order valence-corrected chi connectivity index (χ1v) is 9.44.